The summed E-state index contributed by atoms with van der Waals surface area (Å²) in [5.41, 5.74) is -0.503. The molecule has 4 aliphatic carbocycles. The van der Waals surface area contributed by atoms with Gasteiger partial charge in [-0.15, -0.1) is 0 Å². The van der Waals surface area contributed by atoms with Gasteiger partial charge in [0.15, 0.2) is 0 Å². The fourth-order valence-electron chi connectivity index (χ4n) is 9.14. The van der Waals surface area contributed by atoms with Crippen LogP contribution in [0.25, 0.3) is 0 Å². The number of esters is 3. The average molecular weight is 505 g/mol. The topological polar surface area (TPSA) is 96.0 Å². The van der Waals surface area contributed by atoms with Gasteiger partial charge in [-0.1, -0.05) is 20.8 Å². The quantitative estimate of drug-likeness (QED) is 0.375. The highest BCUT2D eigenvalue weighted by atomic mass is 16.5. The van der Waals surface area contributed by atoms with Crippen molar-refractivity contribution < 1.29 is 33.4 Å². The van der Waals surface area contributed by atoms with Crippen LogP contribution in [0.4, 0.5) is 0 Å². The Labute approximate surface area is 215 Å². The Balaban J connectivity index is 1.62. The number of carbonyl (C=O) groups excluding carboxylic acids is 4. The standard InChI is InChI=1S/C29H44O7/c1-16(7-10-26(33)34-6)21-8-9-22-27-23(15-25(32)29(21,22)5)28(4)12-11-20(35-17(2)30)13-19(28)14-24(27)36-18(3)31/h16,19-24,27H,7-15H2,1-6H3/t16-,19-,20+,21+,22-,23-,24+,27+,28-,29+/m0/s1. The minimum Gasteiger partial charge on any atom is -0.469 e. The fourth-order valence-corrected chi connectivity index (χ4v) is 9.14. The maximum Gasteiger partial charge on any atom is 0.305 e. The van der Waals surface area contributed by atoms with Crippen LogP contribution in [0, 0.1) is 46.3 Å². The van der Waals surface area contributed by atoms with E-state index in [1.807, 2.05) is 0 Å². The van der Waals surface area contributed by atoms with Crippen molar-refractivity contribution in [2.45, 2.75) is 105 Å². The first-order valence-corrected chi connectivity index (χ1v) is 13.9. The molecular weight excluding hydrogens is 460 g/mol. The van der Waals surface area contributed by atoms with Crippen LogP contribution < -0.4 is 0 Å². The number of hydrogen-bond donors (Lipinski definition) is 0. The molecule has 0 N–H and O–H groups in total. The lowest BCUT2D eigenvalue weighted by atomic mass is 9.43. The molecule has 4 saturated carbocycles. The molecule has 202 valence electrons. The van der Waals surface area contributed by atoms with Gasteiger partial charge in [-0.2, -0.15) is 0 Å². The molecule has 0 aliphatic heterocycles. The second kappa shape index (κ2) is 10.1. The molecule has 4 aliphatic rings. The Hall–Kier alpha value is -1.92. The lowest BCUT2D eigenvalue weighted by molar-refractivity contribution is -0.196. The third kappa shape index (κ3) is 4.60. The summed E-state index contributed by atoms with van der Waals surface area (Å²) in [6, 6.07) is 0. The van der Waals surface area contributed by atoms with E-state index in [1.165, 1.54) is 21.0 Å². The molecule has 0 unspecified atom stereocenters. The van der Waals surface area contributed by atoms with E-state index >= 15 is 0 Å². The molecule has 0 saturated heterocycles. The number of methoxy groups -OCH3 is 1. The third-order valence-electron chi connectivity index (χ3n) is 10.9. The van der Waals surface area contributed by atoms with Gasteiger partial charge in [-0.05, 0) is 80.0 Å². The van der Waals surface area contributed by atoms with Gasteiger partial charge in [-0.3, -0.25) is 19.2 Å². The average Bonchev–Trinajstić information content (AvgIpc) is 3.16. The van der Waals surface area contributed by atoms with Crippen molar-refractivity contribution in [1.82, 2.24) is 0 Å². The van der Waals surface area contributed by atoms with Crippen LogP contribution in [0.5, 0.6) is 0 Å². The molecule has 4 rings (SSSR count). The number of Topliss-reactive ketones (excluding diaryl/α,β-unsaturated/α-hetero) is 1. The van der Waals surface area contributed by atoms with Crippen molar-refractivity contribution in [3.63, 3.8) is 0 Å². The molecule has 0 aromatic carbocycles. The Morgan fingerprint density at radius 1 is 1.00 bits per heavy atom. The van der Waals surface area contributed by atoms with Crippen LogP contribution in [-0.2, 0) is 33.4 Å². The lowest BCUT2D eigenvalue weighted by Gasteiger charge is -2.62. The summed E-state index contributed by atoms with van der Waals surface area (Å²) in [6.07, 6.45) is 6.44. The second-order valence-corrected chi connectivity index (χ2v) is 12.6. The summed E-state index contributed by atoms with van der Waals surface area (Å²) < 4.78 is 16.5. The summed E-state index contributed by atoms with van der Waals surface area (Å²) >= 11 is 0. The summed E-state index contributed by atoms with van der Waals surface area (Å²) in [5, 5.41) is 0. The zero-order valence-electron chi connectivity index (χ0n) is 22.8. The molecule has 4 fully saturated rings. The van der Waals surface area contributed by atoms with E-state index in [0.717, 1.165) is 38.5 Å². The van der Waals surface area contributed by atoms with Crippen molar-refractivity contribution >= 4 is 23.7 Å². The number of hydrogen-bond acceptors (Lipinski definition) is 7. The van der Waals surface area contributed by atoms with Crippen molar-refractivity contribution in [2.75, 3.05) is 7.11 Å². The van der Waals surface area contributed by atoms with Crippen LogP contribution in [0.3, 0.4) is 0 Å². The maximum absolute atomic E-state index is 14.0. The Kier molecular flexibility index (Phi) is 7.60. The molecule has 0 radical (unpaired) electrons. The van der Waals surface area contributed by atoms with Crippen molar-refractivity contribution in [2.24, 2.45) is 46.3 Å². The molecule has 10 atom stereocenters. The van der Waals surface area contributed by atoms with Crippen molar-refractivity contribution in [1.29, 1.82) is 0 Å². The molecular formula is C29H44O7. The normalized spacial score (nSPS) is 42.4. The molecule has 0 amide bonds. The first kappa shape index (κ1) is 27.1. The van der Waals surface area contributed by atoms with E-state index in [2.05, 4.69) is 20.8 Å². The number of ketones is 1. The summed E-state index contributed by atoms with van der Waals surface area (Å²) in [4.78, 5) is 49.7. The second-order valence-electron chi connectivity index (χ2n) is 12.6. The molecule has 0 aromatic rings. The van der Waals surface area contributed by atoms with E-state index in [0.29, 0.717) is 25.0 Å². The third-order valence-corrected chi connectivity index (χ3v) is 10.9. The zero-order chi connectivity index (χ0) is 26.4. The summed E-state index contributed by atoms with van der Waals surface area (Å²) in [6.45, 7) is 9.57. The number of rotatable bonds is 6. The molecule has 36 heavy (non-hydrogen) atoms. The predicted molar refractivity (Wildman–Crippen MR) is 133 cm³/mol. The minimum atomic E-state index is -0.465. The van der Waals surface area contributed by atoms with Gasteiger partial charge in [0.2, 0.25) is 0 Å². The Bertz CT molecular complexity index is 898. The predicted octanol–water partition coefficient (Wildman–Crippen LogP) is 4.89. The van der Waals surface area contributed by atoms with Crippen LogP contribution in [0.2, 0.25) is 0 Å². The molecule has 0 bridgehead atoms. The van der Waals surface area contributed by atoms with E-state index in [4.69, 9.17) is 14.2 Å². The van der Waals surface area contributed by atoms with Gasteiger partial charge in [0.1, 0.15) is 18.0 Å². The van der Waals surface area contributed by atoms with Crippen LogP contribution in [-0.4, -0.2) is 43.0 Å². The SMILES string of the molecule is COC(=O)CC[C@H](C)[C@H]1CC[C@H]2[C@H]3[C@H](OC(C)=O)C[C@@H]4C[C@H](OC(C)=O)CC[C@]4(C)[C@H]3CC(=O)[C@]12C. The summed E-state index contributed by atoms with van der Waals surface area (Å²) in [5.74, 6) is 0.785. The first-order valence-electron chi connectivity index (χ1n) is 13.9. The smallest absolute Gasteiger partial charge is 0.305 e. The Morgan fingerprint density at radius 2 is 1.69 bits per heavy atom. The van der Waals surface area contributed by atoms with Gasteiger partial charge < -0.3 is 14.2 Å². The van der Waals surface area contributed by atoms with E-state index < -0.39 is 5.41 Å². The number of fused-ring (bicyclic) bond motifs is 5. The highest BCUT2D eigenvalue weighted by Crippen LogP contribution is 2.67. The lowest BCUT2D eigenvalue weighted by Crippen LogP contribution is -2.62. The fraction of sp³-hybridized carbons (Fsp3) is 0.862. The van der Waals surface area contributed by atoms with Crippen LogP contribution >= 0.6 is 0 Å². The van der Waals surface area contributed by atoms with E-state index in [9.17, 15) is 19.2 Å². The number of carbonyl (C=O) groups is 4. The molecule has 0 heterocycles. The van der Waals surface area contributed by atoms with Gasteiger partial charge in [-0.25, -0.2) is 0 Å². The van der Waals surface area contributed by atoms with Crippen LogP contribution in [0.15, 0.2) is 0 Å². The van der Waals surface area contributed by atoms with Gasteiger partial charge in [0.25, 0.3) is 0 Å². The molecule has 0 aromatic heterocycles. The van der Waals surface area contributed by atoms with E-state index in [-0.39, 0.29) is 71.0 Å². The highest BCUT2D eigenvalue weighted by Gasteiger charge is 2.66. The maximum atomic E-state index is 14.0. The van der Waals surface area contributed by atoms with Crippen LogP contribution in [0.1, 0.15) is 92.4 Å². The monoisotopic (exact) mass is 504 g/mol. The van der Waals surface area contributed by atoms with Crippen molar-refractivity contribution in [3.8, 4) is 0 Å². The summed E-state index contributed by atoms with van der Waals surface area (Å²) in [7, 11) is 1.41. The number of ether oxygens (including phenoxy) is 3. The van der Waals surface area contributed by atoms with Crippen molar-refractivity contribution in [3.05, 3.63) is 0 Å². The van der Waals surface area contributed by atoms with Gasteiger partial charge in [0.05, 0.1) is 7.11 Å². The molecule has 0 spiro atoms. The highest BCUT2D eigenvalue weighted by molar-refractivity contribution is 5.87. The van der Waals surface area contributed by atoms with Gasteiger partial charge >= 0.3 is 17.9 Å². The van der Waals surface area contributed by atoms with E-state index in [1.54, 1.807) is 0 Å². The minimum absolute atomic E-state index is 0.0382. The Morgan fingerprint density at radius 3 is 2.33 bits per heavy atom. The molecule has 7 heteroatoms. The zero-order valence-corrected chi connectivity index (χ0v) is 22.8. The molecule has 7 nitrogen and oxygen atoms in total. The first-order chi connectivity index (χ1) is 16.9. The van der Waals surface area contributed by atoms with Gasteiger partial charge in [0, 0.05) is 38.0 Å². The largest absolute Gasteiger partial charge is 0.469 e.